The molecule has 1 heterocycles. The van der Waals surface area contributed by atoms with Gasteiger partial charge in [-0.1, -0.05) is 11.6 Å². The highest BCUT2D eigenvalue weighted by molar-refractivity contribution is 6.31. The molecule has 0 aliphatic rings. The van der Waals surface area contributed by atoms with Gasteiger partial charge in [-0.15, -0.1) is 0 Å². The Kier molecular flexibility index (Phi) is 4.88. The standard InChI is InChI=1S/C9H14ClN3O4/c1-17-6-7(10)11-5-12-8(6)13-9(2-14,3-15)4-16/h5,14-16H,2-4H2,1H3,(H,11,12,13). The second-order valence-corrected chi connectivity index (χ2v) is 3.78. The van der Waals surface area contributed by atoms with Crippen LogP contribution in [0.15, 0.2) is 6.33 Å². The normalized spacial score (nSPS) is 11.4. The zero-order valence-electron chi connectivity index (χ0n) is 9.22. The largest absolute Gasteiger partial charge is 0.490 e. The molecule has 0 radical (unpaired) electrons. The number of aliphatic hydroxyl groups is 3. The Labute approximate surface area is 103 Å². The van der Waals surface area contributed by atoms with Crippen LogP contribution in [0.2, 0.25) is 5.15 Å². The van der Waals surface area contributed by atoms with Gasteiger partial charge in [0.1, 0.15) is 11.9 Å². The zero-order valence-corrected chi connectivity index (χ0v) is 9.98. The smallest absolute Gasteiger partial charge is 0.198 e. The molecule has 0 aliphatic carbocycles. The topological polar surface area (TPSA) is 108 Å². The maximum atomic E-state index is 9.17. The summed E-state index contributed by atoms with van der Waals surface area (Å²) in [5.41, 5.74) is -1.30. The molecule has 4 N–H and O–H groups in total. The lowest BCUT2D eigenvalue weighted by atomic mass is 10.0. The van der Waals surface area contributed by atoms with Crippen LogP contribution in [0, 0.1) is 0 Å². The first-order chi connectivity index (χ1) is 8.12. The minimum absolute atomic E-state index is 0.0905. The number of nitrogens with zero attached hydrogens (tertiary/aromatic N) is 2. The second-order valence-electron chi connectivity index (χ2n) is 3.43. The Morgan fingerprint density at radius 2 is 1.88 bits per heavy atom. The van der Waals surface area contributed by atoms with E-state index in [0.29, 0.717) is 0 Å². The number of anilines is 1. The van der Waals surface area contributed by atoms with Crippen molar-refractivity contribution < 1.29 is 20.1 Å². The van der Waals surface area contributed by atoms with E-state index in [-0.39, 0.29) is 16.7 Å². The van der Waals surface area contributed by atoms with Crippen LogP contribution in [0.1, 0.15) is 0 Å². The van der Waals surface area contributed by atoms with Gasteiger partial charge in [0, 0.05) is 0 Å². The van der Waals surface area contributed by atoms with Gasteiger partial charge in [0.2, 0.25) is 0 Å². The molecule has 1 aromatic rings. The van der Waals surface area contributed by atoms with Crippen molar-refractivity contribution in [1.82, 2.24) is 9.97 Å². The third kappa shape index (κ3) is 2.95. The molecule has 0 unspecified atom stereocenters. The number of aromatic nitrogens is 2. The highest BCUT2D eigenvalue weighted by Crippen LogP contribution is 2.30. The van der Waals surface area contributed by atoms with E-state index in [2.05, 4.69) is 15.3 Å². The summed E-state index contributed by atoms with van der Waals surface area (Å²) in [5.74, 6) is 0.360. The van der Waals surface area contributed by atoms with Crippen molar-refractivity contribution in [3.8, 4) is 5.75 Å². The molecule has 0 bridgehead atoms. The Morgan fingerprint density at radius 3 is 2.35 bits per heavy atom. The van der Waals surface area contributed by atoms with Crippen LogP contribution in [0.5, 0.6) is 5.75 Å². The SMILES string of the molecule is COc1c(Cl)ncnc1NC(CO)(CO)CO. The van der Waals surface area contributed by atoms with E-state index in [1.54, 1.807) is 0 Å². The van der Waals surface area contributed by atoms with Crippen LogP contribution >= 0.6 is 11.6 Å². The van der Waals surface area contributed by atoms with Crippen LogP contribution in [-0.4, -0.2) is 57.8 Å². The van der Waals surface area contributed by atoms with Gasteiger partial charge in [-0.3, -0.25) is 0 Å². The summed E-state index contributed by atoms with van der Waals surface area (Å²) in [4.78, 5) is 7.59. The first kappa shape index (κ1) is 13.9. The lowest BCUT2D eigenvalue weighted by molar-refractivity contribution is 0.0829. The van der Waals surface area contributed by atoms with E-state index in [1.165, 1.54) is 13.4 Å². The fourth-order valence-corrected chi connectivity index (χ4v) is 1.35. The fourth-order valence-electron chi connectivity index (χ4n) is 1.14. The van der Waals surface area contributed by atoms with Crippen molar-refractivity contribution in [1.29, 1.82) is 0 Å². The summed E-state index contributed by atoms with van der Waals surface area (Å²) in [6.07, 6.45) is 1.20. The first-order valence-corrected chi connectivity index (χ1v) is 5.15. The van der Waals surface area contributed by atoms with Crippen LogP contribution in [0.4, 0.5) is 5.82 Å². The third-order valence-electron chi connectivity index (χ3n) is 2.26. The van der Waals surface area contributed by atoms with E-state index < -0.39 is 25.4 Å². The molecule has 0 aromatic carbocycles. The molecule has 7 nitrogen and oxygen atoms in total. The molecule has 0 spiro atoms. The van der Waals surface area contributed by atoms with Crippen LogP contribution < -0.4 is 10.1 Å². The summed E-state index contributed by atoms with van der Waals surface area (Å²) in [6.45, 7) is -1.44. The second kappa shape index (κ2) is 5.97. The van der Waals surface area contributed by atoms with Gasteiger partial charge in [-0.05, 0) is 0 Å². The van der Waals surface area contributed by atoms with Crippen molar-refractivity contribution in [3.63, 3.8) is 0 Å². The highest BCUT2D eigenvalue weighted by Gasteiger charge is 2.30. The Balaban J connectivity index is 3.05. The molecule has 1 aromatic heterocycles. The molecule has 0 saturated carbocycles. The predicted octanol–water partition coefficient (Wildman–Crippen LogP) is -0.734. The number of nitrogens with one attached hydrogen (secondary N) is 1. The average Bonchev–Trinajstić information content (AvgIpc) is 2.36. The first-order valence-electron chi connectivity index (χ1n) is 4.77. The van der Waals surface area contributed by atoms with Crippen molar-refractivity contribution in [2.24, 2.45) is 0 Å². The van der Waals surface area contributed by atoms with Crippen LogP contribution in [0.3, 0.4) is 0 Å². The van der Waals surface area contributed by atoms with Gasteiger partial charge in [0.25, 0.3) is 0 Å². The monoisotopic (exact) mass is 263 g/mol. The lowest BCUT2D eigenvalue weighted by Crippen LogP contribution is -2.49. The van der Waals surface area contributed by atoms with Crippen LogP contribution in [-0.2, 0) is 0 Å². The summed E-state index contributed by atoms with van der Waals surface area (Å²) in [5, 5.41) is 30.3. The summed E-state index contributed by atoms with van der Waals surface area (Å²) < 4.78 is 4.99. The molecule has 0 saturated heterocycles. The van der Waals surface area contributed by atoms with Gasteiger partial charge in [-0.2, -0.15) is 0 Å². The number of halogens is 1. The number of hydrogen-bond acceptors (Lipinski definition) is 7. The van der Waals surface area contributed by atoms with Gasteiger partial charge in [0.05, 0.1) is 26.9 Å². The molecule has 0 atom stereocenters. The van der Waals surface area contributed by atoms with E-state index >= 15 is 0 Å². The maximum Gasteiger partial charge on any atom is 0.198 e. The lowest BCUT2D eigenvalue weighted by Gasteiger charge is -2.29. The summed E-state index contributed by atoms with van der Waals surface area (Å²) in [6, 6.07) is 0. The Bertz CT molecular complexity index is 365. The molecular weight excluding hydrogens is 250 g/mol. The summed E-state index contributed by atoms with van der Waals surface area (Å²) >= 11 is 5.78. The van der Waals surface area contributed by atoms with Crippen molar-refractivity contribution >= 4 is 17.4 Å². The van der Waals surface area contributed by atoms with E-state index in [9.17, 15) is 15.3 Å². The zero-order chi connectivity index (χ0) is 12.9. The maximum absolute atomic E-state index is 9.17. The van der Waals surface area contributed by atoms with E-state index in [0.717, 1.165) is 0 Å². The number of hydrogen-bond donors (Lipinski definition) is 4. The van der Waals surface area contributed by atoms with E-state index in [4.69, 9.17) is 16.3 Å². The quantitative estimate of drug-likeness (QED) is 0.501. The fraction of sp³-hybridized carbons (Fsp3) is 0.556. The van der Waals surface area contributed by atoms with Gasteiger partial charge in [0.15, 0.2) is 16.7 Å². The van der Waals surface area contributed by atoms with Gasteiger partial charge in [-0.25, -0.2) is 9.97 Å². The average molecular weight is 264 g/mol. The number of rotatable bonds is 6. The molecule has 8 heteroatoms. The molecule has 0 aliphatic heterocycles. The predicted molar refractivity (Wildman–Crippen MR) is 61.2 cm³/mol. The molecule has 1 rings (SSSR count). The molecule has 17 heavy (non-hydrogen) atoms. The number of ether oxygens (including phenoxy) is 1. The van der Waals surface area contributed by atoms with Crippen molar-refractivity contribution in [2.45, 2.75) is 5.54 Å². The molecular formula is C9H14ClN3O4. The number of aliphatic hydroxyl groups excluding tert-OH is 3. The van der Waals surface area contributed by atoms with Crippen LogP contribution in [0.25, 0.3) is 0 Å². The Morgan fingerprint density at radius 1 is 1.29 bits per heavy atom. The molecule has 0 fully saturated rings. The minimum Gasteiger partial charge on any atom is -0.490 e. The Hall–Kier alpha value is -1.15. The van der Waals surface area contributed by atoms with Gasteiger partial charge >= 0.3 is 0 Å². The number of methoxy groups -OCH3 is 1. The van der Waals surface area contributed by atoms with Gasteiger partial charge < -0.3 is 25.4 Å². The van der Waals surface area contributed by atoms with Crippen molar-refractivity contribution in [3.05, 3.63) is 11.5 Å². The van der Waals surface area contributed by atoms with E-state index in [1.807, 2.05) is 0 Å². The highest BCUT2D eigenvalue weighted by atomic mass is 35.5. The summed E-state index contributed by atoms with van der Waals surface area (Å²) in [7, 11) is 1.38. The molecule has 0 amide bonds. The van der Waals surface area contributed by atoms with Crippen molar-refractivity contribution in [2.75, 3.05) is 32.2 Å². The minimum atomic E-state index is -1.30. The third-order valence-corrected chi connectivity index (χ3v) is 2.53. The molecule has 96 valence electrons.